The molecular formula is C52H33NO2. The molecule has 11 aromatic rings. The van der Waals surface area contributed by atoms with Gasteiger partial charge in [0.25, 0.3) is 0 Å². The van der Waals surface area contributed by atoms with Crippen molar-refractivity contribution in [2.24, 2.45) is 0 Å². The molecule has 0 fully saturated rings. The average molecular weight is 704 g/mol. The van der Waals surface area contributed by atoms with Gasteiger partial charge < -0.3 is 13.7 Å². The molecule has 3 heteroatoms. The molecule has 0 aliphatic heterocycles. The molecule has 55 heavy (non-hydrogen) atoms. The SMILES string of the molecule is c1cc(-c2ccccc2N(c2ccc(-c3ccc4c(c3)oc3ccccc34)cc2)c2ccc3c(c2)oc2ccccc23)cc(-c2cccc3ccccc23)c1. The second-order valence-corrected chi connectivity index (χ2v) is 14.1. The maximum atomic E-state index is 6.43. The standard InChI is InChI=1S/C52H33NO2/c1-2-15-41-35(11-1)12-10-19-42(41)37-13-9-14-38(31-37)43-16-3-6-20-48(43)53(40-28-30-47-45-18-5-8-22-50(45)55-52(47)33-40)39-26-23-34(24-27-39)36-25-29-46-44-17-4-7-21-49(44)54-51(46)32-36/h1-33H. The summed E-state index contributed by atoms with van der Waals surface area (Å²) in [5.41, 5.74) is 13.6. The summed E-state index contributed by atoms with van der Waals surface area (Å²) >= 11 is 0. The molecule has 0 aliphatic carbocycles. The molecule has 3 nitrogen and oxygen atoms in total. The van der Waals surface area contributed by atoms with Crippen LogP contribution in [0.3, 0.4) is 0 Å². The Labute approximate surface area is 317 Å². The summed E-state index contributed by atoms with van der Waals surface area (Å²) in [7, 11) is 0. The molecule has 0 saturated heterocycles. The Balaban J connectivity index is 1.05. The average Bonchev–Trinajstić information content (AvgIpc) is 3.82. The molecular weight excluding hydrogens is 671 g/mol. The molecule has 0 spiro atoms. The third kappa shape index (κ3) is 5.28. The topological polar surface area (TPSA) is 29.5 Å². The predicted molar refractivity (Wildman–Crippen MR) is 229 cm³/mol. The second kappa shape index (κ2) is 12.6. The Morgan fingerprint density at radius 2 is 0.818 bits per heavy atom. The molecule has 0 saturated carbocycles. The maximum absolute atomic E-state index is 6.43. The summed E-state index contributed by atoms with van der Waals surface area (Å²) in [5.74, 6) is 0. The molecule has 0 radical (unpaired) electrons. The first-order valence-electron chi connectivity index (χ1n) is 18.7. The van der Waals surface area contributed by atoms with Crippen LogP contribution in [0, 0.1) is 0 Å². The monoisotopic (exact) mass is 703 g/mol. The van der Waals surface area contributed by atoms with Crippen LogP contribution in [0.2, 0.25) is 0 Å². The summed E-state index contributed by atoms with van der Waals surface area (Å²) in [6.07, 6.45) is 0. The Morgan fingerprint density at radius 3 is 1.60 bits per heavy atom. The van der Waals surface area contributed by atoms with E-state index in [2.05, 4.69) is 181 Å². The van der Waals surface area contributed by atoms with Gasteiger partial charge in [0.2, 0.25) is 0 Å². The molecule has 2 heterocycles. The van der Waals surface area contributed by atoms with Gasteiger partial charge in [-0.15, -0.1) is 0 Å². The molecule has 0 amide bonds. The zero-order valence-electron chi connectivity index (χ0n) is 29.8. The van der Waals surface area contributed by atoms with Crippen LogP contribution in [-0.2, 0) is 0 Å². The van der Waals surface area contributed by atoms with E-state index in [1.807, 2.05) is 24.3 Å². The lowest BCUT2D eigenvalue weighted by atomic mass is 9.94. The first-order valence-corrected chi connectivity index (χ1v) is 18.7. The van der Waals surface area contributed by atoms with Crippen LogP contribution in [0.5, 0.6) is 0 Å². The normalized spacial score (nSPS) is 11.6. The molecule has 0 bridgehead atoms. The van der Waals surface area contributed by atoms with E-state index in [4.69, 9.17) is 8.83 Å². The Kier molecular flexibility index (Phi) is 7.17. The van der Waals surface area contributed by atoms with Crippen molar-refractivity contribution in [2.75, 3.05) is 4.90 Å². The van der Waals surface area contributed by atoms with Crippen LogP contribution in [-0.4, -0.2) is 0 Å². The van der Waals surface area contributed by atoms with Gasteiger partial charge in [-0.2, -0.15) is 0 Å². The van der Waals surface area contributed by atoms with Crippen LogP contribution in [0.1, 0.15) is 0 Å². The van der Waals surface area contributed by atoms with Crippen molar-refractivity contribution in [3.8, 4) is 33.4 Å². The van der Waals surface area contributed by atoms with Crippen molar-refractivity contribution in [1.29, 1.82) is 0 Å². The fraction of sp³-hybridized carbons (Fsp3) is 0. The number of benzene rings is 9. The van der Waals surface area contributed by atoms with Crippen LogP contribution in [0.4, 0.5) is 17.1 Å². The molecule has 0 aliphatic rings. The lowest BCUT2D eigenvalue weighted by Gasteiger charge is -2.28. The Morgan fingerprint density at radius 1 is 0.291 bits per heavy atom. The summed E-state index contributed by atoms with van der Waals surface area (Å²) in [5, 5.41) is 6.97. The summed E-state index contributed by atoms with van der Waals surface area (Å²) in [6, 6.07) is 71.1. The minimum atomic E-state index is 0.856. The van der Waals surface area contributed by atoms with Gasteiger partial charge in [-0.25, -0.2) is 0 Å². The van der Waals surface area contributed by atoms with Crippen LogP contribution < -0.4 is 4.90 Å². The van der Waals surface area contributed by atoms with E-state index < -0.39 is 0 Å². The van der Waals surface area contributed by atoms with Crippen LogP contribution >= 0.6 is 0 Å². The number of nitrogens with zero attached hydrogens (tertiary/aromatic N) is 1. The number of anilines is 3. The predicted octanol–water partition coefficient (Wildman–Crippen LogP) is 15.1. The van der Waals surface area contributed by atoms with E-state index >= 15 is 0 Å². The first kappa shape index (κ1) is 31.2. The lowest BCUT2D eigenvalue weighted by molar-refractivity contribution is 0.668. The molecule has 11 rings (SSSR count). The highest BCUT2D eigenvalue weighted by Crippen LogP contribution is 2.44. The van der Waals surface area contributed by atoms with Gasteiger partial charge in [0.05, 0.1) is 5.69 Å². The van der Waals surface area contributed by atoms with E-state index in [1.54, 1.807) is 0 Å². The third-order valence-electron chi connectivity index (χ3n) is 10.9. The van der Waals surface area contributed by atoms with Crippen molar-refractivity contribution in [3.05, 3.63) is 200 Å². The van der Waals surface area contributed by atoms with Crippen LogP contribution in [0.25, 0.3) is 88.0 Å². The van der Waals surface area contributed by atoms with Crippen molar-refractivity contribution >= 4 is 71.7 Å². The van der Waals surface area contributed by atoms with Crippen molar-refractivity contribution in [2.45, 2.75) is 0 Å². The summed E-state index contributed by atoms with van der Waals surface area (Å²) in [6.45, 7) is 0. The number of fused-ring (bicyclic) bond motifs is 7. The largest absolute Gasteiger partial charge is 0.456 e. The number of rotatable bonds is 6. The van der Waals surface area contributed by atoms with E-state index in [0.717, 1.165) is 83.2 Å². The van der Waals surface area contributed by atoms with Crippen molar-refractivity contribution in [1.82, 2.24) is 0 Å². The fourth-order valence-corrected chi connectivity index (χ4v) is 8.23. The first-order chi connectivity index (χ1) is 27.2. The van der Waals surface area contributed by atoms with Crippen molar-refractivity contribution < 1.29 is 8.83 Å². The highest BCUT2D eigenvalue weighted by molar-refractivity contribution is 6.07. The highest BCUT2D eigenvalue weighted by atomic mass is 16.3. The van der Waals surface area contributed by atoms with Gasteiger partial charge in [-0.3, -0.25) is 0 Å². The van der Waals surface area contributed by atoms with Crippen LogP contribution in [0.15, 0.2) is 209 Å². The van der Waals surface area contributed by atoms with Gasteiger partial charge in [0.1, 0.15) is 22.3 Å². The summed E-state index contributed by atoms with van der Waals surface area (Å²) in [4.78, 5) is 2.35. The van der Waals surface area contributed by atoms with Gasteiger partial charge >= 0.3 is 0 Å². The zero-order valence-corrected chi connectivity index (χ0v) is 29.8. The Bertz CT molecular complexity index is 3220. The van der Waals surface area contributed by atoms with Gasteiger partial charge in [0.15, 0.2) is 0 Å². The smallest absolute Gasteiger partial charge is 0.137 e. The molecule has 2 aromatic heterocycles. The Hall–Kier alpha value is -7.36. The number of hydrogen-bond donors (Lipinski definition) is 0. The number of hydrogen-bond acceptors (Lipinski definition) is 3. The zero-order chi connectivity index (χ0) is 36.3. The van der Waals surface area contributed by atoms with Gasteiger partial charge in [-0.1, -0.05) is 133 Å². The molecule has 0 atom stereocenters. The highest BCUT2D eigenvalue weighted by Gasteiger charge is 2.20. The van der Waals surface area contributed by atoms with E-state index in [1.165, 1.54) is 21.9 Å². The van der Waals surface area contributed by atoms with E-state index in [0.29, 0.717) is 0 Å². The number of para-hydroxylation sites is 3. The van der Waals surface area contributed by atoms with Crippen molar-refractivity contribution in [3.63, 3.8) is 0 Å². The number of furan rings is 2. The molecule has 258 valence electrons. The fourth-order valence-electron chi connectivity index (χ4n) is 8.23. The van der Waals surface area contributed by atoms with E-state index in [9.17, 15) is 0 Å². The quantitative estimate of drug-likeness (QED) is 0.173. The van der Waals surface area contributed by atoms with Gasteiger partial charge in [0, 0.05) is 44.5 Å². The molecule has 0 N–H and O–H groups in total. The lowest BCUT2D eigenvalue weighted by Crippen LogP contribution is -2.11. The third-order valence-corrected chi connectivity index (χ3v) is 10.9. The molecule has 9 aromatic carbocycles. The van der Waals surface area contributed by atoms with Gasteiger partial charge in [-0.05, 0) is 99.3 Å². The second-order valence-electron chi connectivity index (χ2n) is 14.1. The molecule has 0 unspecified atom stereocenters. The minimum Gasteiger partial charge on any atom is -0.456 e. The summed E-state index contributed by atoms with van der Waals surface area (Å²) < 4.78 is 12.7. The minimum absolute atomic E-state index is 0.856. The van der Waals surface area contributed by atoms with E-state index in [-0.39, 0.29) is 0 Å². The maximum Gasteiger partial charge on any atom is 0.137 e.